The molecule has 1 aromatic rings. The first-order valence-electron chi connectivity index (χ1n) is 7.72. The van der Waals surface area contributed by atoms with Crippen LogP contribution in [0.25, 0.3) is 0 Å². The average molecular weight is 289 g/mol. The SMILES string of the molecule is Nc1cccc(CN2CCC(N3CCCC3)C2)c1C(=O)O. The molecule has 1 atom stereocenters. The maximum atomic E-state index is 11.4. The zero-order valence-electron chi connectivity index (χ0n) is 12.3. The van der Waals surface area contributed by atoms with Crippen LogP contribution in [0.15, 0.2) is 18.2 Å². The number of nitrogens with zero attached hydrogens (tertiary/aromatic N) is 2. The quantitative estimate of drug-likeness (QED) is 0.825. The molecule has 21 heavy (non-hydrogen) atoms. The predicted molar refractivity (Wildman–Crippen MR) is 82.3 cm³/mol. The summed E-state index contributed by atoms with van der Waals surface area (Å²) in [5.74, 6) is -0.932. The van der Waals surface area contributed by atoms with Crippen molar-refractivity contribution in [2.45, 2.75) is 31.8 Å². The van der Waals surface area contributed by atoms with Gasteiger partial charge in [-0.2, -0.15) is 0 Å². The molecular weight excluding hydrogens is 266 g/mol. The average Bonchev–Trinajstić information content (AvgIpc) is 3.08. The molecule has 114 valence electrons. The molecule has 1 unspecified atom stereocenters. The summed E-state index contributed by atoms with van der Waals surface area (Å²) in [7, 11) is 0. The summed E-state index contributed by atoms with van der Waals surface area (Å²) in [6, 6.07) is 6.01. The maximum absolute atomic E-state index is 11.4. The molecule has 2 fully saturated rings. The molecule has 0 spiro atoms. The van der Waals surface area contributed by atoms with Crippen LogP contribution < -0.4 is 5.73 Å². The number of hydrogen-bond acceptors (Lipinski definition) is 4. The highest BCUT2D eigenvalue weighted by molar-refractivity contribution is 5.95. The van der Waals surface area contributed by atoms with Crippen LogP contribution in [0.1, 0.15) is 35.2 Å². The van der Waals surface area contributed by atoms with E-state index in [-0.39, 0.29) is 5.56 Å². The number of nitrogen functional groups attached to an aromatic ring is 1. The van der Waals surface area contributed by atoms with Crippen LogP contribution in [0.2, 0.25) is 0 Å². The van der Waals surface area contributed by atoms with E-state index >= 15 is 0 Å². The van der Waals surface area contributed by atoms with Crippen LogP contribution in [0.3, 0.4) is 0 Å². The number of carboxylic acid groups (broad SMARTS) is 1. The van der Waals surface area contributed by atoms with Gasteiger partial charge in [-0.3, -0.25) is 9.80 Å². The smallest absolute Gasteiger partial charge is 0.338 e. The Labute approximate surface area is 125 Å². The van der Waals surface area contributed by atoms with E-state index in [1.807, 2.05) is 12.1 Å². The maximum Gasteiger partial charge on any atom is 0.338 e. The Kier molecular flexibility index (Phi) is 4.12. The van der Waals surface area contributed by atoms with Gasteiger partial charge in [-0.05, 0) is 44.0 Å². The van der Waals surface area contributed by atoms with Crippen LogP contribution in [-0.4, -0.2) is 53.1 Å². The first-order chi connectivity index (χ1) is 10.1. The summed E-state index contributed by atoms with van der Waals surface area (Å²) < 4.78 is 0. The minimum Gasteiger partial charge on any atom is -0.478 e. The summed E-state index contributed by atoms with van der Waals surface area (Å²) in [5.41, 5.74) is 7.26. The van der Waals surface area contributed by atoms with Gasteiger partial charge in [-0.1, -0.05) is 12.1 Å². The largest absolute Gasteiger partial charge is 0.478 e. The number of carboxylic acids is 1. The van der Waals surface area contributed by atoms with E-state index in [2.05, 4.69) is 9.80 Å². The first kappa shape index (κ1) is 14.4. The minimum atomic E-state index is -0.932. The molecule has 5 heteroatoms. The van der Waals surface area contributed by atoms with Gasteiger partial charge in [0.05, 0.1) is 5.56 Å². The molecule has 3 rings (SSSR count). The standard InChI is InChI=1S/C16H23N3O2/c17-14-5-3-4-12(15(14)16(20)21)10-18-9-6-13(11-18)19-7-1-2-8-19/h3-5,13H,1-2,6-11,17H2,(H,20,21). The highest BCUT2D eigenvalue weighted by Gasteiger charge is 2.29. The third kappa shape index (κ3) is 3.04. The number of nitrogens with two attached hydrogens (primary N) is 1. The molecule has 2 aliphatic heterocycles. The van der Waals surface area contributed by atoms with E-state index in [1.54, 1.807) is 6.07 Å². The zero-order chi connectivity index (χ0) is 14.8. The summed E-state index contributed by atoms with van der Waals surface area (Å²) >= 11 is 0. The molecule has 1 aromatic carbocycles. The van der Waals surface area contributed by atoms with Gasteiger partial charge in [-0.25, -0.2) is 4.79 Å². The van der Waals surface area contributed by atoms with Gasteiger partial charge in [0.2, 0.25) is 0 Å². The summed E-state index contributed by atoms with van der Waals surface area (Å²) in [6.45, 7) is 5.19. The monoisotopic (exact) mass is 289 g/mol. The van der Waals surface area contributed by atoms with Crippen molar-refractivity contribution in [3.63, 3.8) is 0 Å². The highest BCUT2D eigenvalue weighted by atomic mass is 16.4. The van der Waals surface area contributed by atoms with Crippen LogP contribution >= 0.6 is 0 Å². The highest BCUT2D eigenvalue weighted by Crippen LogP contribution is 2.24. The van der Waals surface area contributed by atoms with E-state index in [1.165, 1.54) is 32.4 Å². The summed E-state index contributed by atoms with van der Waals surface area (Å²) in [5, 5.41) is 9.34. The summed E-state index contributed by atoms with van der Waals surface area (Å²) in [6.07, 6.45) is 3.81. The van der Waals surface area contributed by atoms with E-state index in [0.717, 1.165) is 18.7 Å². The molecule has 0 radical (unpaired) electrons. The number of rotatable bonds is 4. The van der Waals surface area contributed by atoms with Crippen molar-refractivity contribution in [3.8, 4) is 0 Å². The van der Waals surface area contributed by atoms with Crippen molar-refractivity contribution < 1.29 is 9.90 Å². The molecule has 3 N–H and O–H groups in total. The third-order valence-electron chi connectivity index (χ3n) is 4.70. The number of benzene rings is 1. The van der Waals surface area contributed by atoms with Crippen molar-refractivity contribution in [1.82, 2.24) is 9.80 Å². The van der Waals surface area contributed by atoms with Crippen molar-refractivity contribution in [2.24, 2.45) is 0 Å². The Morgan fingerprint density at radius 2 is 2.05 bits per heavy atom. The molecule has 0 saturated carbocycles. The lowest BCUT2D eigenvalue weighted by atomic mass is 10.1. The Hall–Kier alpha value is -1.59. The molecule has 0 aliphatic carbocycles. The lowest BCUT2D eigenvalue weighted by Gasteiger charge is -2.24. The van der Waals surface area contributed by atoms with Crippen molar-refractivity contribution in [3.05, 3.63) is 29.3 Å². The Balaban J connectivity index is 1.68. The number of aromatic carboxylic acids is 1. The second-order valence-electron chi connectivity index (χ2n) is 6.11. The fraction of sp³-hybridized carbons (Fsp3) is 0.562. The van der Waals surface area contributed by atoms with E-state index < -0.39 is 5.97 Å². The second-order valence-corrected chi connectivity index (χ2v) is 6.11. The Morgan fingerprint density at radius 1 is 1.29 bits per heavy atom. The molecular formula is C16H23N3O2. The topological polar surface area (TPSA) is 69.8 Å². The van der Waals surface area contributed by atoms with Crippen LogP contribution in [0.5, 0.6) is 0 Å². The second kappa shape index (κ2) is 6.03. The molecule has 2 heterocycles. The normalized spacial score (nSPS) is 23.7. The van der Waals surface area contributed by atoms with Crippen molar-refractivity contribution >= 4 is 11.7 Å². The van der Waals surface area contributed by atoms with Gasteiger partial charge in [0.15, 0.2) is 0 Å². The van der Waals surface area contributed by atoms with Crippen molar-refractivity contribution in [1.29, 1.82) is 0 Å². The minimum absolute atomic E-state index is 0.266. The van der Waals surface area contributed by atoms with Gasteiger partial charge in [0.1, 0.15) is 0 Å². The van der Waals surface area contributed by atoms with Gasteiger partial charge >= 0.3 is 5.97 Å². The molecule has 2 aliphatic rings. The number of hydrogen-bond donors (Lipinski definition) is 2. The summed E-state index contributed by atoms with van der Waals surface area (Å²) in [4.78, 5) is 16.3. The van der Waals surface area contributed by atoms with Crippen LogP contribution in [0, 0.1) is 0 Å². The van der Waals surface area contributed by atoms with Gasteiger partial charge in [0.25, 0.3) is 0 Å². The number of carbonyl (C=O) groups is 1. The number of likely N-dealkylation sites (tertiary alicyclic amines) is 2. The number of anilines is 1. The first-order valence-corrected chi connectivity index (χ1v) is 7.72. The Morgan fingerprint density at radius 3 is 2.76 bits per heavy atom. The molecule has 0 bridgehead atoms. The van der Waals surface area contributed by atoms with Gasteiger partial charge < -0.3 is 10.8 Å². The van der Waals surface area contributed by atoms with Gasteiger partial charge in [0, 0.05) is 31.4 Å². The molecule has 5 nitrogen and oxygen atoms in total. The lowest BCUT2D eigenvalue weighted by Crippen LogP contribution is -2.35. The van der Waals surface area contributed by atoms with Gasteiger partial charge in [-0.15, -0.1) is 0 Å². The van der Waals surface area contributed by atoms with Crippen LogP contribution in [0.4, 0.5) is 5.69 Å². The lowest BCUT2D eigenvalue weighted by molar-refractivity contribution is 0.0696. The third-order valence-corrected chi connectivity index (χ3v) is 4.70. The fourth-order valence-electron chi connectivity index (χ4n) is 3.61. The van der Waals surface area contributed by atoms with E-state index in [0.29, 0.717) is 18.3 Å². The Bertz CT molecular complexity index is 526. The van der Waals surface area contributed by atoms with E-state index in [4.69, 9.17) is 5.73 Å². The van der Waals surface area contributed by atoms with Crippen LogP contribution in [-0.2, 0) is 6.54 Å². The molecule has 0 amide bonds. The molecule has 2 saturated heterocycles. The van der Waals surface area contributed by atoms with Crippen molar-refractivity contribution in [2.75, 3.05) is 31.9 Å². The van der Waals surface area contributed by atoms with E-state index in [9.17, 15) is 9.90 Å². The fourth-order valence-corrected chi connectivity index (χ4v) is 3.61. The predicted octanol–water partition coefficient (Wildman–Crippen LogP) is 1.64. The zero-order valence-corrected chi connectivity index (χ0v) is 12.3. The molecule has 0 aromatic heterocycles.